The first-order chi connectivity index (χ1) is 9.00. The molecule has 0 unspecified atom stereocenters. The van der Waals surface area contributed by atoms with Crippen molar-refractivity contribution in [1.82, 2.24) is 9.78 Å². The van der Waals surface area contributed by atoms with Crippen molar-refractivity contribution >= 4 is 0 Å². The van der Waals surface area contributed by atoms with Crippen LogP contribution in [0.15, 0.2) is 36.5 Å². The minimum absolute atomic E-state index is 0.0237. The molecule has 1 N–H and O–H groups in total. The first-order valence-corrected chi connectivity index (χ1v) is 6.41. The fraction of sp³-hybridized carbons (Fsp3) is 0.400. The molecule has 0 fully saturated rings. The summed E-state index contributed by atoms with van der Waals surface area (Å²) in [6.45, 7) is 6.77. The normalized spacial score (nSPS) is 11.6. The molecule has 0 spiro atoms. The fourth-order valence-corrected chi connectivity index (χ4v) is 1.73. The van der Waals surface area contributed by atoms with Crippen molar-refractivity contribution < 1.29 is 9.84 Å². The fourth-order valence-electron chi connectivity index (χ4n) is 1.73. The van der Waals surface area contributed by atoms with Gasteiger partial charge in [0.15, 0.2) is 0 Å². The zero-order valence-corrected chi connectivity index (χ0v) is 11.6. The molecule has 0 bridgehead atoms. The molecular formula is C15H20N2O2. The van der Waals surface area contributed by atoms with Crippen molar-refractivity contribution in [1.29, 1.82) is 0 Å². The van der Waals surface area contributed by atoms with E-state index < -0.39 is 0 Å². The summed E-state index contributed by atoms with van der Waals surface area (Å²) in [4.78, 5) is 0. The van der Waals surface area contributed by atoms with E-state index in [9.17, 15) is 0 Å². The Balaban J connectivity index is 2.16. The quantitative estimate of drug-likeness (QED) is 0.919. The summed E-state index contributed by atoms with van der Waals surface area (Å²) in [5.74, 6) is 0.751. The van der Waals surface area contributed by atoms with Gasteiger partial charge in [0, 0.05) is 11.6 Å². The Morgan fingerprint density at radius 3 is 2.37 bits per heavy atom. The lowest BCUT2D eigenvalue weighted by molar-refractivity contribution is 0.201. The molecule has 102 valence electrons. The molecule has 0 aliphatic heterocycles. The maximum absolute atomic E-state index is 8.70. The van der Waals surface area contributed by atoms with E-state index in [0.29, 0.717) is 6.61 Å². The summed E-state index contributed by atoms with van der Waals surface area (Å²) >= 11 is 0. The van der Waals surface area contributed by atoms with Crippen molar-refractivity contribution in [3.63, 3.8) is 0 Å². The second-order valence-corrected chi connectivity index (χ2v) is 5.46. The monoisotopic (exact) mass is 260 g/mol. The van der Waals surface area contributed by atoms with Gasteiger partial charge in [-0.05, 0) is 30.3 Å². The smallest absolute Gasteiger partial charge is 0.119 e. The van der Waals surface area contributed by atoms with Crippen molar-refractivity contribution in [2.45, 2.75) is 26.2 Å². The molecule has 1 heterocycles. The number of nitrogens with zero attached hydrogens (tertiary/aromatic N) is 2. The molecule has 2 rings (SSSR count). The second-order valence-electron chi connectivity index (χ2n) is 5.46. The molecule has 0 aliphatic rings. The Labute approximate surface area is 113 Å². The van der Waals surface area contributed by atoms with Crippen LogP contribution in [0.3, 0.4) is 0 Å². The number of aliphatic hydroxyl groups excluding tert-OH is 1. The number of ether oxygens (including phenoxy) is 1. The predicted octanol–water partition coefficient (Wildman–Crippen LogP) is 2.54. The van der Waals surface area contributed by atoms with Gasteiger partial charge in [0.05, 0.1) is 18.0 Å². The van der Waals surface area contributed by atoms with E-state index in [1.165, 1.54) is 0 Å². The highest BCUT2D eigenvalue weighted by Crippen LogP contribution is 2.21. The van der Waals surface area contributed by atoms with Gasteiger partial charge in [-0.25, -0.2) is 4.68 Å². The van der Waals surface area contributed by atoms with E-state index in [2.05, 4.69) is 25.9 Å². The van der Waals surface area contributed by atoms with Crippen LogP contribution in [0, 0.1) is 0 Å². The van der Waals surface area contributed by atoms with Crippen molar-refractivity contribution in [2.75, 3.05) is 13.2 Å². The predicted molar refractivity (Wildman–Crippen MR) is 74.8 cm³/mol. The molecular weight excluding hydrogens is 240 g/mol. The molecule has 0 amide bonds. The Bertz CT molecular complexity index is 524. The summed E-state index contributed by atoms with van der Waals surface area (Å²) in [6, 6.07) is 9.70. The minimum Gasteiger partial charge on any atom is -0.491 e. The maximum atomic E-state index is 8.70. The highest BCUT2D eigenvalue weighted by molar-refractivity contribution is 5.37. The van der Waals surface area contributed by atoms with Crippen LogP contribution in [-0.2, 0) is 5.41 Å². The number of rotatable bonds is 4. The summed E-state index contributed by atoms with van der Waals surface area (Å²) in [6.07, 6.45) is 1.96. The van der Waals surface area contributed by atoms with E-state index in [0.717, 1.165) is 17.1 Å². The van der Waals surface area contributed by atoms with Gasteiger partial charge in [0.25, 0.3) is 0 Å². The van der Waals surface area contributed by atoms with E-state index >= 15 is 0 Å². The zero-order valence-electron chi connectivity index (χ0n) is 11.6. The van der Waals surface area contributed by atoms with Gasteiger partial charge in [0.1, 0.15) is 12.4 Å². The van der Waals surface area contributed by atoms with Gasteiger partial charge < -0.3 is 9.84 Å². The van der Waals surface area contributed by atoms with Gasteiger partial charge in [0.2, 0.25) is 0 Å². The molecule has 4 nitrogen and oxygen atoms in total. The molecule has 19 heavy (non-hydrogen) atoms. The Kier molecular flexibility index (Phi) is 3.90. The van der Waals surface area contributed by atoms with Gasteiger partial charge in [-0.15, -0.1) is 0 Å². The van der Waals surface area contributed by atoms with Crippen LogP contribution in [-0.4, -0.2) is 28.1 Å². The van der Waals surface area contributed by atoms with E-state index in [1.807, 2.05) is 41.2 Å². The lowest BCUT2D eigenvalue weighted by Crippen LogP contribution is -2.12. The maximum Gasteiger partial charge on any atom is 0.119 e. The highest BCUT2D eigenvalue weighted by Gasteiger charge is 2.16. The Hall–Kier alpha value is -1.81. The summed E-state index contributed by atoms with van der Waals surface area (Å²) in [5.41, 5.74) is 2.11. The average Bonchev–Trinajstić information content (AvgIpc) is 2.86. The number of hydrogen-bond acceptors (Lipinski definition) is 3. The van der Waals surface area contributed by atoms with Crippen LogP contribution >= 0.6 is 0 Å². The average molecular weight is 260 g/mol. The van der Waals surface area contributed by atoms with E-state index in [1.54, 1.807) is 0 Å². The van der Waals surface area contributed by atoms with Gasteiger partial charge in [-0.2, -0.15) is 5.10 Å². The number of benzene rings is 1. The van der Waals surface area contributed by atoms with Gasteiger partial charge >= 0.3 is 0 Å². The van der Waals surface area contributed by atoms with Crippen LogP contribution in [0.2, 0.25) is 0 Å². The number of hydrogen-bond donors (Lipinski definition) is 1. The number of aromatic nitrogens is 2. The van der Waals surface area contributed by atoms with Gasteiger partial charge in [-0.1, -0.05) is 20.8 Å². The van der Waals surface area contributed by atoms with Crippen LogP contribution in [0.1, 0.15) is 26.5 Å². The van der Waals surface area contributed by atoms with Crippen LogP contribution in [0.5, 0.6) is 5.75 Å². The molecule has 0 saturated carbocycles. The zero-order chi connectivity index (χ0) is 13.9. The summed E-state index contributed by atoms with van der Waals surface area (Å²) in [7, 11) is 0. The Morgan fingerprint density at radius 1 is 1.16 bits per heavy atom. The first kappa shape index (κ1) is 13.6. The lowest BCUT2D eigenvalue weighted by atomic mass is 9.93. The minimum atomic E-state index is 0.0237. The lowest BCUT2D eigenvalue weighted by Gasteiger charge is -2.14. The van der Waals surface area contributed by atoms with Crippen LogP contribution in [0.25, 0.3) is 5.69 Å². The third kappa shape index (κ3) is 3.35. The molecule has 0 aliphatic carbocycles. The molecule has 0 radical (unpaired) electrons. The third-order valence-corrected chi connectivity index (χ3v) is 2.82. The molecule has 4 heteroatoms. The second kappa shape index (κ2) is 5.45. The molecule has 0 saturated heterocycles. The standard InChI is InChI=1S/C15H20N2O2/c1-15(2,3)14-8-9-17(16-14)12-4-6-13(7-5-12)19-11-10-18/h4-9,18H,10-11H2,1-3H3. The summed E-state index contributed by atoms with van der Waals surface area (Å²) in [5, 5.41) is 13.3. The number of aliphatic hydroxyl groups is 1. The molecule has 1 aromatic carbocycles. The Morgan fingerprint density at radius 2 is 1.84 bits per heavy atom. The first-order valence-electron chi connectivity index (χ1n) is 6.41. The molecule has 2 aromatic rings. The molecule has 0 atom stereocenters. The summed E-state index contributed by atoms with van der Waals surface area (Å²) < 4.78 is 7.18. The SMILES string of the molecule is CC(C)(C)c1ccn(-c2ccc(OCCO)cc2)n1. The van der Waals surface area contributed by atoms with E-state index in [4.69, 9.17) is 9.84 Å². The highest BCUT2D eigenvalue weighted by atomic mass is 16.5. The largest absolute Gasteiger partial charge is 0.491 e. The van der Waals surface area contributed by atoms with Crippen molar-refractivity contribution in [2.24, 2.45) is 0 Å². The van der Waals surface area contributed by atoms with Crippen molar-refractivity contribution in [3.8, 4) is 11.4 Å². The third-order valence-electron chi connectivity index (χ3n) is 2.82. The van der Waals surface area contributed by atoms with Crippen molar-refractivity contribution in [3.05, 3.63) is 42.2 Å². The molecule has 1 aromatic heterocycles. The van der Waals surface area contributed by atoms with Crippen LogP contribution < -0.4 is 4.74 Å². The van der Waals surface area contributed by atoms with Crippen LogP contribution in [0.4, 0.5) is 0 Å². The van der Waals surface area contributed by atoms with E-state index in [-0.39, 0.29) is 12.0 Å². The van der Waals surface area contributed by atoms with Gasteiger partial charge in [-0.3, -0.25) is 0 Å². The topological polar surface area (TPSA) is 47.3 Å².